The van der Waals surface area contributed by atoms with E-state index < -0.39 is 0 Å². The van der Waals surface area contributed by atoms with Gasteiger partial charge in [-0.1, -0.05) is 30.7 Å². The van der Waals surface area contributed by atoms with E-state index in [-0.39, 0.29) is 12.1 Å². The predicted octanol–water partition coefficient (Wildman–Crippen LogP) is 3.23. The average Bonchev–Trinajstić information content (AvgIpc) is 2.42. The van der Waals surface area contributed by atoms with Crippen molar-refractivity contribution in [3.05, 3.63) is 28.8 Å². The largest absolute Gasteiger partial charge is 0.375 e. The molecule has 1 aliphatic heterocycles. The first kappa shape index (κ1) is 15.6. The molecule has 0 bridgehead atoms. The Morgan fingerprint density at radius 1 is 1.45 bits per heavy atom. The van der Waals surface area contributed by atoms with E-state index >= 15 is 0 Å². The topological polar surface area (TPSA) is 38.5 Å². The Hall–Kier alpha value is -0.770. The zero-order valence-corrected chi connectivity index (χ0v) is 13.4. The van der Waals surface area contributed by atoms with Crippen LogP contribution in [0.2, 0.25) is 5.02 Å². The lowest BCUT2D eigenvalue weighted by Crippen LogP contribution is -2.48. The summed E-state index contributed by atoms with van der Waals surface area (Å²) in [6, 6.07) is 6.63. The van der Waals surface area contributed by atoms with Gasteiger partial charge in [0.15, 0.2) is 0 Å². The van der Waals surface area contributed by atoms with Gasteiger partial charge in [0.1, 0.15) is 0 Å². The van der Waals surface area contributed by atoms with Crippen molar-refractivity contribution in [1.29, 1.82) is 0 Å². The van der Waals surface area contributed by atoms with Crippen molar-refractivity contribution in [1.82, 2.24) is 0 Å². The van der Waals surface area contributed by atoms with Crippen molar-refractivity contribution in [3.63, 3.8) is 0 Å². The van der Waals surface area contributed by atoms with Gasteiger partial charge >= 0.3 is 0 Å². The highest BCUT2D eigenvalue weighted by Crippen LogP contribution is 2.34. The first-order chi connectivity index (χ1) is 9.52. The van der Waals surface area contributed by atoms with E-state index in [0.717, 1.165) is 36.7 Å². The number of hydrogen-bond donors (Lipinski definition) is 1. The first-order valence-corrected chi connectivity index (χ1v) is 7.82. The predicted molar refractivity (Wildman–Crippen MR) is 85.6 cm³/mol. The lowest BCUT2D eigenvalue weighted by molar-refractivity contribution is 0.0343. The summed E-state index contributed by atoms with van der Waals surface area (Å²) in [5.74, 6) is 0. The highest BCUT2D eigenvalue weighted by molar-refractivity contribution is 6.33. The molecule has 2 rings (SSSR count). The van der Waals surface area contributed by atoms with Gasteiger partial charge in [-0.15, -0.1) is 0 Å². The number of halogens is 1. The molecule has 20 heavy (non-hydrogen) atoms. The molecule has 1 aliphatic rings. The minimum Gasteiger partial charge on any atom is -0.375 e. The molecular weight excluding hydrogens is 272 g/mol. The zero-order valence-electron chi connectivity index (χ0n) is 12.6. The van der Waals surface area contributed by atoms with E-state index in [0.29, 0.717) is 6.04 Å². The number of nitrogens with zero attached hydrogens (tertiary/aromatic N) is 1. The van der Waals surface area contributed by atoms with Gasteiger partial charge < -0.3 is 15.4 Å². The summed E-state index contributed by atoms with van der Waals surface area (Å²) >= 11 is 6.48. The summed E-state index contributed by atoms with van der Waals surface area (Å²) < 4.78 is 5.71. The highest BCUT2D eigenvalue weighted by atomic mass is 35.5. The van der Waals surface area contributed by atoms with E-state index in [9.17, 15) is 0 Å². The molecule has 3 nitrogen and oxygen atoms in total. The fourth-order valence-electron chi connectivity index (χ4n) is 2.69. The molecule has 2 N–H and O–H groups in total. The molecule has 1 aromatic carbocycles. The Kier molecular flexibility index (Phi) is 5.30. The van der Waals surface area contributed by atoms with Crippen molar-refractivity contribution in [2.45, 2.75) is 51.8 Å². The maximum absolute atomic E-state index is 6.48. The van der Waals surface area contributed by atoms with Crippen LogP contribution in [0.3, 0.4) is 0 Å². The highest BCUT2D eigenvalue weighted by Gasteiger charge is 2.27. The number of rotatable bonds is 4. The van der Waals surface area contributed by atoms with E-state index in [4.69, 9.17) is 22.1 Å². The van der Waals surface area contributed by atoms with Crippen LogP contribution in [0.15, 0.2) is 18.2 Å². The second kappa shape index (κ2) is 6.79. The molecule has 112 valence electrons. The second-order valence-electron chi connectivity index (χ2n) is 5.77. The summed E-state index contributed by atoms with van der Waals surface area (Å²) in [6.45, 7) is 8.02. The minimum absolute atomic E-state index is 0.181. The summed E-state index contributed by atoms with van der Waals surface area (Å²) in [5, 5.41) is 0.812. The molecule has 0 amide bonds. The average molecular weight is 297 g/mol. The van der Waals surface area contributed by atoms with Gasteiger partial charge in [0.05, 0.1) is 23.4 Å². The molecular formula is C16H25ClN2O. The molecule has 0 aliphatic carbocycles. The Balaban J connectivity index is 2.33. The maximum atomic E-state index is 6.48. The normalized spacial score (nSPS) is 24.8. The van der Waals surface area contributed by atoms with Crippen LogP contribution in [0.5, 0.6) is 0 Å². The number of hydrogen-bond acceptors (Lipinski definition) is 3. The zero-order chi connectivity index (χ0) is 14.7. The third-order valence-electron chi connectivity index (χ3n) is 3.97. The molecule has 0 saturated carbocycles. The van der Waals surface area contributed by atoms with Crippen LogP contribution in [0.1, 0.15) is 32.8 Å². The number of para-hydroxylation sites is 1. The number of morpholine rings is 1. The number of nitrogens with two attached hydrogens (primary N) is 1. The summed E-state index contributed by atoms with van der Waals surface area (Å²) in [5.41, 5.74) is 8.51. The van der Waals surface area contributed by atoms with E-state index in [2.05, 4.69) is 31.7 Å². The molecule has 1 aromatic rings. The summed E-state index contributed by atoms with van der Waals surface area (Å²) in [7, 11) is 0. The molecule has 1 heterocycles. The van der Waals surface area contributed by atoms with Gasteiger partial charge in [0.25, 0.3) is 0 Å². The lowest BCUT2D eigenvalue weighted by atomic mass is 10.0. The Labute approximate surface area is 127 Å². The smallest absolute Gasteiger partial charge is 0.0723 e. The molecule has 4 heteroatoms. The van der Waals surface area contributed by atoms with Crippen LogP contribution in [-0.4, -0.2) is 31.3 Å². The van der Waals surface area contributed by atoms with E-state index in [1.807, 2.05) is 12.1 Å². The Bertz CT molecular complexity index is 452. The SMILES string of the molecule is CCC(N)Cc1cccc(Cl)c1N1CC(C)OCC1C. The van der Waals surface area contributed by atoms with Crippen molar-refractivity contribution in [2.24, 2.45) is 5.73 Å². The molecule has 1 fully saturated rings. The van der Waals surface area contributed by atoms with Crippen LogP contribution in [0, 0.1) is 0 Å². The quantitative estimate of drug-likeness (QED) is 0.927. The molecule has 3 atom stereocenters. The minimum atomic E-state index is 0.181. The first-order valence-electron chi connectivity index (χ1n) is 7.44. The van der Waals surface area contributed by atoms with Crippen LogP contribution >= 0.6 is 11.6 Å². The lowest BCUT2D eigenvalue weighted by Gasteiger charge is -2.40. The Morgan fingerprint density at radius 3 is 2.90 bits per heavy atom. The van der Waals surface area contributed by atoms with Gasteiger partial charge in [-0.2, -0.15) is 0 Å². The van der Waals surface area contributed by atoms with Gasteiger partial charge in [-0.05, 0) is 38.3 Å². The van der Waals surface area contributed by atoms with E-state index in [1.54, 1.807) is 0 Å². The van der Waals surface area contributed by atoms with Gasteiger partial charge in [-0.3, -0.25) is 0 Å². The van der Waals surface area contributed by atoms with Crippen LogP contribution < -0.4 is 10.6 Å². The van der Waals surface area contributed by atoms with E-state index in [1.165, 1.54) is 5.56 Å². The van der Waals surface area contributed by atoms with Gasteiger partial charge in [0, 0.05) is 18.6 Å². The number of anilines is 1. The number of ether oxygens (including phenoxy) is 1. The van der Waals surface area contributed by atoms with Crippen molar-refractivity contribution in [2.75, 3.05) is 18.1 Å². The molecule has 0 aromatic heterocycles. The standard InChI is InChI=1S/C16H25ClN2O/c1-4-14(18)8-13-6-5-7-15(17)16(13)19-9-12(3)20-10-11(19)2/h5-7,11-12,14H,4,8-10,18H2,1-3H3. The van der Waals surface area contributed by atoms with Crippen molar-refractivity contribution >= 4 is 17.3 Å². The summed E-state index contributed by atoms with van der Waals surface area (Å²) in [4.78, 5) is 2.37. The van der Waals surface area contributed by atoms with Gasteiger partial charge in [0.2, 0.25) is 0 Å². The Morgan fingerprint density at radius 2 is 2.20 bits per heavy atom. The third kappa shape index (κ3) is 3.46. The van der Waals surface area contributed by atoms with Crippen molar-refractivity contribution in [3.8, 4) is 0 Å². The van der Waals surface area contributed by atoms with Crippen LogP contribution in [-0.2, 0) is 11.2 Å². The summed E-state index contributed by atoms with van der Waals surface area (Å²) in [6.07, 6.45) is 2.07. The fraction of sp³-hybridized carbons (Fsp3) is 0.625. The molecule has 1 saturated heterocycles. The maximum Gasteiger partial charge on any atom is 0.0723 e. The monoisotopic (exact) mass is 296 g/mol. The van der Waals surface area contributed by atoms with Crippen LogP contribution in [0.25, 0.3) is 0 Å². The fourth-order valence-corrected chi connectivity index (χ4v) is 2.99. The van der Waals surface area contributed by atoms with Crippen LogP contribution in [0.4, 0.5) is 5.69 Å². The van der Waals surface area contributed by atoms with Crippen molar-refractivity contribution < 1.29 is 4.74 Å². The molecule has 0 radical (unpaired) electrons. The molecule has 0 spiro atoms. The third-order valence-corrected chi connectivity index (χ3v) is 4.28. The number of benzene rings is 1. The second-order valence-corrected chi connectivity index (χ2v) is 6.17. The van der Waals surface area contributed by atoms with Gasteiger partial charge in [-0.25, -0.2) is 0 Å². The molecule has 3 unspecified atom stereocenters.